The van der Waals surface area contributed by atoms with E-state index in [4.69, 9.17) is 5.11 Å². The fourth-order valence-electron chi connectivity index (χ4n) is 1.56. The van der Waals surface area contributed by atoms with E-state index < -0.39 is 5.97 Å². The van der Waals surface area contributed by atoms with Gasteiger partial charge in [-0.15, -0.1) is 6.58 Å². The molecule has 0 aromatic heterocycles. The van der Waals surface area contributed by atoms with Gasteiger partial charge in [0.15, 0.2) is 0 Å². The van der Waals surface area contributed by atoms with Crippen molar-refractivity contribution in [3.05, 3.63) is 24.3 Å². The van der Waals surface area contributed by atoms with Crippen LogP contribution in [0.2, 0.25) is 0 Å². The van der Waals surface area contributed by atoms with Gasteiger partial charge < -0.3 is 5.11 Å². The maximum Gasteiger partial charge on any atom is 0.330 e. The molecule has 1 atom stereocenters. The molecule has 2 heteroatoms. The minimum atomic E-state index is -0.820. The second kappa shape index (κ2) is 8.27. The first kappa shape index (κ1) is 13.9. The van der Waals surface area contributed by atoms with Crippen LogP contribution >= 0.6 is 0 Å². The molecule has 0 saturated carbocycles. The molecular weight excluding hydrogens is 188 g/mol. The summed E-state index contributed by atoms with van der Waals surface area (Å²) in [5.74, 6) is -0.482. The highest BCUT2D eigenvalue weighted by atomic mass is 16.4. The summed E-state index contributed by atoms with van der Waals surface area (Å²) in [4.78, 5) is 10.7. The zero-order valence-electron chi connectivity index (χ0n) is 9.83. The molecule has 86 valence electrons. The summed E-state index contributed by atoms with van der Waals surface area (Å²) in [6.45, 7) is 7.52. The number of hydrogen-bond donors (Lipinski definition) is 1. The zero-order chi connectivity index (χ0) is 11.7. The van der Waals surface area contributed by atoms with Gasteiger partial charge in [-0.1, -0.05) is 38.3 Å². The number of rotatable bonds is 8. The predicted octanol–water partition coefficient (Wildman–Crippen LogP) is 3.79. The Morgan fingerprint density at radius 1 is 1.47 bits per heavy atom. The van der Waals surface area contributed by atoms with Crippen LogP contribution in [-0.4, -0.2) is 11.1 Å². The molecule has 0 bridgehead atoms. The molecule has 0 fully saturated rings. The smallest absolute Gasteiger partial charge is 0.330 e. The first-order valence-corrected chi connectivity index (χ1v) is 5.64. The lowest BCUT2D eigenvalue weighted by Crippen LogP contribution is -2.02. The van der Waals surface area contributed by atoms with Gasteiger partial charge in [-0.05, 0) is 25.7 Å². The molecule has 0 amide bonds. The van der Waals surface area contributed by atoms with Gasteiger partial charge in [0.2, 0.25) is 0 Å². The van der Waals surface area contributed by atoms with Crippen LogP contribution < -0.4 is 0 Å². The number of aliphatic carboxylic acids is 1. The summed E-state index contributed by atoms with van der Waals surface area (Å²) >= 11 is 0. The van der Waals surface area contributed by atoms with Crippen molar-refractivity contribution in [1.82, 2.24) is 0 Å². The van der Waals surface area contributed by atoms with Gasteiger partial charge in [-0.2, -0.15) is 0 Å². The van der Waals surface area contributed by atoms with Crippen LogP contribution in [-0.2, 0) is 4.79 Å². The van der Waals surface area contributed by atoms with Crippen molar-refractivity contribution < 1.29 is 9.90 Å². The minimum absolute atomic E-state index is 0.338. The first-order valence-electron chi connectivity index (χ1n) is 5.64. The van der Waals surface area contributed by atoms with Crippen LogP contribution in [0.5, 0.6) is 0 Å². The molecule has 0 heterocycles. The lowest BCUT2D eigenvalue weighted by atomic mass is 9.95. The van der Waals surface area contributed by atoms with Gasteiger partial charge in [-0.25, -0.2) is 4.79 Å². The number of carboxylic acids is 1. The van der Waals surface area contributed by atoms with Crippen molar-refractivity contribution in [3.8, 4) is 0 Å². The second-order valence-corrected chi connectivity index (χ2v) is 3.94. The molecular formula is C13H22O2. The van der Waals surface area contributed by atoms with E-state index in [1.165, 1.54) is 19.3 Å². The van der Waals surface area contributed by atoms with Crippen LogP contribution in [0.15, 0.2) is 24.3 Å². The number of carboxylic acid groups (broad SMARTS) is 1. The molecule has 1 unspecified atom stereocenters. The molecule has 0 aliphatic carbocycles. The Labute approximate surface area is 92.7 Å². The lowest BCUT2D eigenvalue weighted by molar-refractivity contribution is -0.132. The Hall–Kier alpha value is -1.05. The van der Waals surface area contributed by atoms with Gasteiger partial charge in [0.25, 0.3) is 0 Å². The van der Waals surface area contributed by atoms with E-state index >= 15 is 0 Å². The van der Waals surface area contributed by atoms with E-state index in [0.29, 0.717) is 11.5 Å². The van der Waals surface area contributed by atoms with Gasteiger partial charge in [0.1, 0.15) is 0 Å². The summed E-state index contributed by atoms with van der Waals surface area (Å²) in [6.07, 6.45) is 9.23. The van der Waals surface area contributed by atoms with Crippen molar-refractivity contribution in [2.75, 3.05) is 0 Å². The number of carbonyl (C=O) groups is 1. The predicted molar refractivity (Wildman–Crippen MR) is 63.8 cm³/mol. The monoisotopic (exact) mass is 210 g/mol. The van der Waals surface area contributed by atoms with E-state index in [-0.39, 0.29) is 0 Å². The van der Waals surface area contributed by atoms with Crippen molar-refractivity contribution in [2.45, 2.75) is 46.0 Å². The maximum atomic E-state index is 10.7. The fourth-order valence-corrected chi connectivity index (χ4v) is 1.56. The third-order valence-corrected chi connectivity index (χ3v) is 2.47. The molecule has 0 aromatic rings. The zero-order valence-corrected chi connectivity index (χ0v) is 9.83. The van der Waals surface area contributed by atoms with Gasteiger partial charge in [0, 0.05) is 5.57 Å². The Balaban J connectivity index is 4.19. The Morgan fingerprint density at radius 2 is 2.13 bits per heavy atom. The molecule has 0 radical (unpaired) electrons. The topological polar surface area (TPSA) is 37.3 Å². The highest BCUT2D eigenvalue weighted by Crippen LogP contribution is 2.17. The Bertz CT molecular complexity index is 229. The largest absolute Gasteiger partial charge is 0.478 e. The van der Waals surface area contributed by atoms with E-state index in [0.717, 1.165) is 12.8 Å². The summed E-state index contributed by atoms with van der Waals surface area (Å²) in [5.41, 5.74) is 0.443. The van der Waals surface area contributed by atoms with Gasteiger partial charge in [0.05, 0.1) is 0 Å². The number of hydrogen-bond acceptors (Lipinski definition) is 1. The van der Waals surface area contributed by atoms with Gasteiger partial charge in [-0.3, -0.25) is 0 Å². The Kier molecular flexibility index (Phi) is 7.69. The second-order valence-electron chi connectivity index (χ2n) is 3.94. The van der Waals surface area contributed by atoms with Crippen LogP contribution in [0, 0.1) is 5.92 Å². The average molecular weight is 210 g/mol. The number of allylic oxidation sites excluding steroid dienone is 2. The van der Waals surface area contributed by atoms with Crippen LogP contribution in [0.25, 0.3) is 0 Å². The normalized spacial score (nSPS) is 13.6. The average Bonchev–Trinajstić information content (AvgIpc) is 2.18. The maximum absolute atomic E-state index is 10.7. The molecule has 1 N–H and O–H groups in total. The van der Waals surface area contributed by atoms with Crippen LogP contribution in [0.1, 0.15) is 46.0 Å². The molecule has 2 nitrogen and oxygen atoms in total. The summed E-state index contributed by atoms with van der Waals surface area (Å²) in [6, 6.07) is 0. The van der Waals surface area contributed by atoms with E-state index in [1.54, 1.807) is 6.92 Å². The van der Waals surface area contributed by atoms with E-state index in [9.17, 15) is 4.79 Å². The summed E-state index contributed by atoms with van der Waals surface area (Å²) in [7, 11) is 0. The standard InChI is InChI=1S/C13H22O2/c1-4-6-7-9-12(8-5-2)10-11(3)13(14)15/h5,10,12H,2,4,6-9H2,1,3H3,(H,14,15). The number of unbranched alkanes of at least 4 members (excludes halogenated alkanes) is 2. The lowest BCUT2D eigenvalue weighted by Gasteiger charge is -2.10. The van der Waals surface area contributed by atoms with Crippen molar-refractivity contribution >= 4 is 5.97 Å². The molecule has 0 spiro atoms. The minimum Gasteiger partial charge on any atom is -0.478 e. The highest BCUT2D eigenvalue weighted by Gasteiger charge is 2.07. The van der Waals surface area contributed by atoms with Crippen molar-refractivity contribution in [2.24, 2.45) is 5.92 Å². The van der Waals surface area contributed by atoms with Gasteiger partial charge >= 0.3 is 5.97 Å². The molecule has 0 saturated heterocycles. The summed E-state index contributed by atoms with van der Waals surface area (Å²) < 4.78 is 0. The highest BCUT2D eigenvalue weighted by molar-refractivity contribution is 5.85. The van der Waals surface area contributed by atoms with E-state index in [1.807, 2.05) is 12.2 Å². The Morgan fingerprint density at radius 3 is 2.60 bits per heavy atom. The van der Waals surface area contributed by atoms with Crippen molar-refractivity contribution in [1.29, 1.82) is 0 Å². The SMILES string of the molecule is C=CCC(C=C(C)C(=O)O)CCCCC. The van der Waals surface area contributed by atoms with Crippen molar-refractivity contribution in [3.63, 3.8) is 0 Å². The third kappa shape index (κ3) is 6.95. The fraction of sp³-hybridized carbons (Fsp3) is 0.615. The molecule has 0 aliphatic rings. The molecule has 0 rings (SSSR count). The van der Waals surface area contributed by atoms with E-state index in [2.05, 4.69) is 13.5 Å². The molecule has 15 heavy (non-hydrogen) atoms. The quantitative estimate of drug-likeness (QED) is 0.376. The molecule has 0 aromatic carbocycles. The van der Waals surface area contributed by atoms with Crippen LogP contribution in [0.4, 0.5) is 0 Å². The first-order chi connectivity index (χ1) is 7.11. The third-order valence-electron chi connectivity index (χ3n) is 2.47. The molecule has 0 aliphatic heterocycles. The summed E-state index contributed by atoms with van der Waals surface area (Å²) in [5, 5.41) is 8.78. The van der Waals surface area contributed by atoms with Crippen LogP contribution in [0.3, 0.4) is 0 Å².